The number of rotatable bonds is 18. The van der Waals surface area contributed by atoms with Crippen LogP contribution in [0.4, 0.5) is 0 Å². The van der Waals surface area contributed by atoms with Crippen LogP contribution in [0, 0.1) is 0 Å². The van der Waals surface area contributed by atoms with E-state index in [4.69, 9.17) is 0 Å². The van der Waals surface area contributed by atoms with Crippen molar-refractivity contribution < 1.29 is 10.2 Å². The average molecular weight is 557 g/mol. The van der Waals surface area contributed by atoms with Gasteiger partial charge in [0.05, 0.1) is 11.4 Å². The maximum absolute atomic E-state index is 10.3. The second-order valence-corrected chi connectivity index (χ2v) is 9.18. The molecule has 0 saturated heterocycles. The van der Waals surface area contributed by atoms with Gasteiger partial charge in [0.25, 0.3) is 0 Å². The third kappa shape index (κ3) is 13.7. The highest BCUT2D eigenvalue weighted by molar-refractivity contribution is 8.79. The van der Waals surface area contributed by atoms with Crippen molar-refractivity contribution in [2.45, 2.75) is 6.92 Å². The van der Waals surface area contributed by atoms with Crippen molar-refractivity contribution in [2.24, 2.45) is 9.98 Å². The minimum absolute atomic E-state index is 0.00461. The molecule has 0 aliphatic carbocycles. The van der Waals surface area contributed by atoms with Gasteiger partial charge in [0.2, 0.25) is 0 Å². The molecule has 0 aromatic heterocycles. The second-order valence-electron chi connectivity index (χ2n) is 6.97. The molecule has 0 aliphatic rings. The Bertz CT molecular complexity index is 1240. The van der Waals surface area contributed by atoms with Crippen LogP contribution in [0.5, 0.6) is 0 Å². The maximum Gasteiger partial charge on any atom is 0.124 e. The Hall–Kier alpha value is -4.26. The van der Waals surface area contributed by atoms with Gasteiger partial charge in [-0.1, -0.05) is 122 Å². The van der Waals surface area contributed by atoms with E-state index in [1.54, 1.807) is 80.0 Å². The van der Waals surface area contributed by atoms with Crippen molar-refractivity contribution in [1.82, 2.24) is 0 Å². The molecule has 0 radical (unpaired) electrons. The lowest BCUT2D eigenvalue weighted by Gasteiger charge is -2.10. The number of aliphatic imine (C=N–C) groups is 2. The molecule has 4 nitrogen and oxygen atoms in total. The molecule has 0 spiro atoms. The molecule has 0 saturated carbocycles. The first kappa shape index (κ1) is 34.7. The number of allylic oxidation sites excluding steroid dienone is 17. The summed E-state index contributed by atoms with van der Waals surface area (Å²) in [5.41, 5.74) is 2.16. The van der Waals surface area contributed by atoms with Crippen LogP contribution in [0.15, 0.2) is 191 Å². The molecule has 0 unspecified atom stereocenters. The Balaban J connectivity index is 6.38. The van der Waals surface area contributed by atoms with E-state index in [-0.39, 0.29) is 11.5 Å². The predicted molar refractivity (Wildman–Crippen MR) is 179 cm³/mol. The van der Waals surface area contributed by atoms with Crippen molar-refractivity contribution in [3.05, 3.63) is 181 Å². The monoisotopic (exact) mass is 556 g/mol. The van der Waals surface area contributed by atoms with Crippen molar-refractivity contribution in [3.8, 4) is 0 Å². The highest BCUT2D eigenvalue weighted by Gasteiger charge is 2.11. The van der Waals surface area contributed by atoms with Gasteiger partial charge in [-0.25, -0.2) is 0 Å². The van der Waals surface area contributed by atoms with Gasteiger partial charge in [-0.3, -0.25) is 9.98 Å². The summed E-state index contributed by atoms with van der Waals surface area (Å²) in [6, 6.07) is 0. The summed E-state index contributed by atoms with van der Waals surface area (Å²) in [4.78, 5) is 10.7. The SMILES string of the molecule is C=C/C=C(/C=N/C(=C/C=C)C(=C\C=C)/SSC(=C/C=C)/C(=C\C=C)/N=C/C(=C/C=C)C(/O)=C\C=C)C(\O)=C/C. The molecule has 0 atom stereocenters. The first-order chi connectivity index (χ1) is 18.9. The smallest absolute Gasteiger partial charge is 0.124 e. The molecule has 39 heavy (non-hydrogen) atoms. The summed E-state index contributed by atoms with van der Waals surface area (Å²) >= 11 is 0. The standard InChI is InChI=1S/C33H36N2O2S2/c1-9-17-26(30(36)16-8)24-34-28(19-11-3)32(22-14-6)38-39-33(23-15-7)29(20-12-4)35-25-27(18-10-2)31(37)21-13-5/h9-25,36-37H,1-7H2,8H3/b26-17-,27-18-,28-19+,29-20+,30-16+,31-21+,32-22+,33-23+,34-24+,35-25+. The van der Waals surface area contributed by atoms with Crippen LogP contribution in [0.3, 0.4) is 0 Å². The minimum atomic E-state index is 0.00461. The van der Waals surface area contributed by atoms with Gasteiger partial charge >= 0.3 is 0 Å². The van der Waals surface area contributed by atoms with Gasteiger partial charge in [0, 0.05) is 33.4 Å². The van der Waals surface area contributed by atoms with Gasteiger partial charge < -0.3 is 10.2 Å². The zero-order valence-corrected chi connectivity index (χ0v) is 24.0. The molecule has 0 fully saturated rings. The van der Waals surface area contributed by atoms with Crippen LogP contribution < -0.4 is 0 Å². The number of nitrogens with zero attached hydrogens (tertiary/aromatic N) is 2. The molecule has 6 heteroatoms. The lowest BCUT2D eigenvalue weighted by Crippen LogP contribution is -1.93. The zero-order valence-electron chi connectivity index (χ0n) is 22.4. The van der Waals surface area contributed by atoms with E-state index in [0.717, 1.165) is 9.81 Å². The molecule has 0 aliphatic heterocycles. The lowest BCUT2D eigenvalue weighted by atomic mass is 10.2. The van der Waals surface area contributed by atoms with Crippen molar-refractivity contribution in [2.75, 3.05) is 0 Å². The molecule has 0 amide bonds. The fraction of sp³-hybridized carbons (Fsp3) is 0.0303. The second kappa shape index (κ2) is 21.8. The van der Waals surface area contributed by atoms with Crippen LogP contribution in [0.2, 0.25) is 0 Å². The van der Waals surface area contributed by atoms with Crippen molar-refractivity contribution in [1.29, 1.82) is 0 Å². The van der Waals surface area contributed by atoms with Gasteiger partial charge in [-0.2, -0.15) is 0 Å². The van der Waals surface area contributed by atoms with E-state index in [0.29, 0.717) is 22.5 Å². The Kier molecular flexibility index (Phi) is 19.4. The topological polar surface area (TPSA) is 65.2 Å². The summed E-state index contributed by atoms with van der Waals surface area (Å²) in [6.45, 7) is 28.0. The number of hydrogen-bond acceptors (Lipinski definition) is 6. The van der Waals surface area contributed by atoms with E-state index in [1.807, 2.05) is 12.2 Å². The predicted octanol–water partition coefficient (Wildman–Crippen LogP) is 10.1. The highest BCUT2D eigenvalue weighted by atomic mass is 33.1. The van der Waals surface area contributed by atoms with E-state index in [2.05, 4.69) is 56.0 Å². The third-order valence-corrected chi connectivity index (χ3v) is 6.70. The van der Waals surface area contributed by atoms with Crippen LogP contribution in [-0.2, 0) is 0 Å². The quantitative estimate of drug-likeness (QED) is 0.0763. The molecule has 0 bridgehead atoms. The maximum atomic E-state index is 10.3. The molecular formula is C33H36N2O2S2. The molecular weight excluding hydrogens is 521 g/mol. The largest absolute Gasteiger partial charge is 0.508 e. The Morgan fingerprint density at radius 2 is 0.872 bits per heavy atom. The normalized spacial score (nSPS) is 14.9. The fourth-order valence-electron chi connectivity index (χ4n) is 2.51. The third-order valence-electron chi connectivity index (χ3n) is 4.24. The summed E-state index contributed by atoms with van der Waals surface area (Å²) in [5, 5.41) is 20.4. The van der Waals surface area contributed by atoms with E-state index >= 15 is 0 Å². The molecule has 0 aromatic rings. The first-order valence-corrected chi connectivity index (χ1v) is 13.8. The van der Waals surface area contributed by atoms with E-state index < -0.39 is 0 Å². The Morgan fingerprint density at radius 1 is 0.513 bits per heavy atom. The van der Waals surface area contributed by atoms with E-state index in [1.165, 1.54) is 40.0 Å². The summed E-state index contributed by atoms with van der Waals surface area (Å²) in [5.74, 6) is 0.0879. The van der Waals surface area contributed by atoms with Crippen LogP contribution in [0.25, 0.3) is 0 Å². The van der Waals surface area contributed by atoms with Gasteiger partial charge in [-0.05, 0) is 43.4 Å². The molecule has 2 N–H and O–H groups in total. The first-order valence-electron chi connectivity index (χ1n) is 11.6. The van der Waals surface area contributed by atoms with Crippen molar-refractivity contribution >= 4 is 34.0 Å². The Labute approximate surface area is 241 Å². The zero-order chi connectivity index (χ0) is 29.5. The van der Waals surface area contributed by atoms with Crippen LogP contribution in [-0.4, -0.2) is 22.6 Å². The minimum Gasteiger partial charge on any atom is -0.508 e. The molecule has 0 aromatic carbocycles. The lowest BCUT2D eigenvalue weighted by molar-refractivity contribution is 0.427. The van der Waals surface area contributed by atoms with Crippen molar-refractivity contribution in [3.63, 3.8) is 0 Å². The number of hydrogen-bond donors (Lipinski definition) is 2. The van der Waals surface area contributed by atoms with Gasteiger partial charge in [-0.15, -0.1) is 0 Å². The van der Waals surface area contributed by atoms with Gasteiger partial charge in [0.1, 0.15) is 11.5 Å². The van der Waals surface area contributed by atoms with Gasteiger partial charge in [0.15, 0.2) is 0 Å². The summed E-state index contributed by atoms with van der Waals surface area (Å²) < 4.78 is 0. The van der Waals surface area contributed by atoms with Crippen LogP contribution >= 0.6 is 21.6 Å². The van der Waals surface area contributed by atoms with E-state index in [9.17, 15) is 10.2 Å². The fourth-order valence-corrected chi connectivity index (χ4v) is 4.79. The number of aliphatic hydroxyl groups is 2. The summed E-state index contributed by atoms with van der Waals surface area (Å²) in [7, 11) is 2.85. The highest BCUT2D eigenvalue weighted by Crippen LogP contribution is 2.43. The molecule has 0 rings (SSSR count). The average Bonchev–Trinajstić information content (AvgIpc) is 2.93. The Morgan fingerprint density at radius 3 is 1.21 bits per heavy atom. The number of aliphatic hydroxyl groups excluding tert-OH is 2. The molecule has 202 valence electrons. The molecule has 0 heterocycles. The van der Waals surface area contributed by atoms with Crippen LogP contribution in [0.1, 0.15) is 6.92 Å². The summed E-state index contributed by atoms with van der Waals surface area (Å²) in [6.07, 6.45) is 27.8.